The van der Waals surface area contributed by atoms with Crippen LogP contribution in [-0.2, 0) is 31.3 Å². The first-order chi connectivity index (χ1) is 18.2. The van der Waals surface area contributed by atoms with E-state index >= 15 is 0 Å². The van der Waals surface area contributed by atoms with Gasteiger partial charge in [0.1, 0.15) is 0 Å². The molecule has 2 aliphatic rings. The highest BCUT2D eigenvalue weighted by atomic mass is 32.2. The molecule has 0 bridgehead atoms. The van der Waals surface area contributed by atoms with Gasteiger partial charge in [0.15, 0.2) is 0 Å². The molecular formula is C28H33N3O5S2. The largest absolute Gasteiger partial charge is 0.355 e. The highest BCUT2D eigenvalue weighted by Gasteiger charge is 2.33. The molecule has 8 nitrogen and oxygen atoms in total. The zero-order valence-electron chi connectivity index (χ0n) is 21.3. The van der Waals surface area contributed by atoms with Gasteiger partial charge in [-0.1, -0.05) is 42.5 Å². The Labute approximate surface area is 224 Å². The SMILES string of the molecule is O=C(NCCc1ccc(S(=O)(=O)N2CCCC2)cc1)[C@@H]1CCCN(S(=O)(=O)c2ccc3ccccc3c2)C1. The minimum atomic E-state index is -3.71. The van der Waals surface area contributed by atoms with Crippen molar-refractivity contribution in [2.45, 2.75) is 41.9 Å². The first kappa shape index (κ1) is 26.8. The molecule has 202 valence electrons. The number of carbonyl (C=O) groups is 1. The van der Waals surface area contributed by atoms with Gasteiger partial charge >= 0.3 is 0 Å². The zero-order valence-corrected chi connectivity index (χ0v) is 22.9. The number of benzene rings is 3. The maximum Gasteiger partial charge on any atom is 0.243 e. The van der Waals surface area contributed by atoms with Crippen LogP contribution in [0.2, 0.25) is 0 Å². The summed E-state index contributed by atoms with van der Waals surface area (Å²) in [5, 5.41) is 4.78. The number of piperidine rings is 1. The Morgan fingerprint density at radius 1 is 0.763 bits per heavy atom. The molecule has 2 fully saturated rings. The molecule has 1 atom stereocenters. The van der Waals surface area contributed by atoms with Crippen molar-refractivity contribution in [3.05, 3.63) is 72.3 Å². The van der Waals surface area contributed by atoms with Crippen LogP contribution in [0.3, 0.4) is 0 Å². The maximum atomic E-state index is 13.3. The molecule has 3 aromatic rings. The number of amides is 1. The van der Waals surface area contributed by atoms with Crippen molar-refractivity contribution >= 4 is 36.7 Å². The average Bonchev–Trinajstić information content (AvgIpc) is 3.49. The van der Waals surface area contributed by atoms with Crippen LogP contribution in [0, 0.1) is 5.92 Å². The minimum Gasteiger partial charge on any atom is -0.355 e. The number of nitrogens with zero attached hydrogens (tertiary/aromatic N) is 2. The summed E-state index contributed by atoms with van der Waals surface area (Å²) in [4.78, 5) is 13.4. The molecule has 38 heavy (non-hydrogen) atoms. The van der Waals surface area contributed by atoms with Crippen LogP contribution < -0.4 is 5.32 Å². The standard InChI is InChI=1S/C28H33N3O5S2/c32-28(29-16-15-22-9-12-26(13-10-22)37(33,34)30-17-3-4-18-30)25-8-5-19-31(21-25)38(35,36)27-14-11-23-6-1-2-7-24(23)20-27/h1-2,6-7,9-14,20,25H,3-5,8,15-19,21H2,(H,29,32)/t25-/m1/s1. The molecule has 3 aromatic carbocycles. The molecule has 2 saturated heterocycles. The van der Waals surface area contributed by atoms with Crippen molar-refractivity contribution in [1.82, 2.24) is 13.9 Å². The Kier molecular flexibility index (Phi) is 7.85. The fraction of sp³-hybridized carbons (Fsp3) is 0.393. The fourth-order valence-electron chi connectivity index (χ4n) is 5.23. The maximum absolute atomic E-state index is 13.3. The summed E-state index contributed by atoms with van der Waals surface area (Å²) in [5.74, 6) is -0.566. The van der Waals surface area contributed by atoms with Gasteiger partial charge in [-0.05, 0) is 72.7 Å². The smallest absolute Gasteiger partial charge is 0.243 e. The van der Waals surface area contributed by atoms with Crippen LogP contribution >= 0.6 is 0 Å². The van der Waals surface area contributed by atoms with E-state index in [4.69, 9.17) is 0 Å². The summed E-state index contributed by atoms with van der Waals surface area (Å²) in [6.07, 6.45) is 3.61. The third-order valence-electron chi connectivity index (χ3n) is 7.45. The van der Waals surface area contributed by atoms with Crippen molar-refractivity contribution in [2.24, 2.45) is 5.92 Å². The highest BCUT2D eigenvalue weighted by molar-refractivity contribution is 7.89. The van der Waals surface area contributed by atoms with Crippen LogP contribution in [0.1, 0.15) is 31.2 Å². The molecule has 0 radical (unpaired) electrons. The minimum absolute atomic E-state index is 0.156. The summed E-state index contributed by atoms with van der Waals surface area (Å²) in [7, 11) is -7.15. The quantitative estimate of drug-likeness (QED) is 0.459. The summed E-state index contributed by atoms with van der Waals surface area (Å²) in [6.45, 7) is 2.08. The molecule has 1 amide bonds. The van der Waals surface area contributed by atoms with Crippen LogP contribution in [0.15, 0.2) is 76.5 Å². The number of hydrogen-bond donors (Lipinski definition) is 1. The van der Waals surface area contributed by atoms with Crippen molar-refractivity contribution in [3.63, 3.8) is 0 Å². The number of sulfonamides is 2. The second-order valence-electron chi connectivity index (χ2n) is 10.0. The second kappa shape index (κ2) is 11.1. The lowest BCUT2D eigenvalue weighted by Crippen LogP contribution is -2.45. The lowest BCUT2D eigenvalue weighted by Gasteiger charge is -2.31. The molecule has 0 aromatic heterocycles. The van der Waals surface area contributed by atoms with Gasteiger partial charge < -0.3 is 5.32 Å². The first-order valence-electron chi connectivity index (χ1n) is 13.1. The topological polar surface area (TPSA) is 104 Å². The van der Waals surface area contributed by atoms with Gasteiger partial charge in [0.2, 0.25) is 26.0 Å². The average molecular weight is 556 g/mol. The number of carbonyl (C=O) groups excluding carboxylic acids is 1. The van der Waals surface area contributed by atoms with E-state index in [1.165, 1.54) is 8.61 Å². The van der Waals surface area contributed by atoms with Gasteiger partial charge in [0.05, 0.1) is 15.7 Å². The summed E-state index contributed by atoms with van der Waals surface area (Å²) in [6, 6.07) is 19.6. The van der Waals surface area contributed by atoms with E-state index in [0.717, 1.165) is 29.2 Å². The van der Waals surface area contributed by atoms with Crippen molar-refractivity contribution < 1.29 is 21.6 Å². The molecule has 1 N–H and O–H groups in total. The summed E-state index contributed by atoms with van der Waals surface area (Å²) < 4.78 is 55.0. The molecule has 10 heteroatoms. The van der Waals surface area contributed by atoms with Gasteiger partial charge in [0.25, 0.3) is 0 Å². The lowest BCUT2D eigenvalue weighted by molar-refractivity contribution is -0.126. The van der Waals surface area contributed by atoms with Crippen molar-refractivity contribution in [2.75, 3.05) is 32.7 Å². The van der Waals surface area contributed by atoms with Crippen LogP contribution in [-0.4, -0.2) is 64.1 Å². The van der Waals surface area contributed by atoms with Gasteiger partial charge in [-0.2, -0.15) is 8.61 Å². The summed E-state index contributed by atoms with van der Waals surface area (Å²) in [5.41, 5.74) is 0.926. The predicted octanol–water partition coefficient (Wildman–Crippen LogP) is 3.38. The van der Waals surface area contributed by atoms with E-state index in [-0.39, 0.29) is 17.3 Å². The Hall–Kier alpha value is -2.79. The van der Waals surface area contributed by atoms with Gasteiger partial charge in [-0.15, -0.1) is 0 Å². The molecule has 0 saturated carbocycles. The Morgan fingerprint density at radius 2 is 1.39 bits per heavy atom. The molecule has 5 rings (SSSR count). The van der Waals surface area contributed by atoms with E-state index in [1.54, 1.807) is 36.4 Å². The monoisotopic (exact) mass is 555 g/mol. The van der Waals surface area contributed by atoms with Gasteiger partial charge in [-0.3, -0.25) is 4.79 Å². The van der Waals surface area contributed by atoms with Crippen LogP contribution in [0.5, 0.6) is 0 Å². The molecule has 0 spiro atoms. The first-order valence-corrected chi connectivity index (χ1v) is 16.0. The number of rotatable bonds is 8. The third-order valence-corrected chi connectivity index (χ3v) is 11.2. The van der Waals surface area contributed by atoms with Gasteiger partial charge in [0, 0.05) is 32.7 Å². The van der Waals surface area contributed by atoms with E-state index in [0.29, 0.717) is 50.3 Å². The zero-order chi connectivity index (χ0) is 26.8. The number of fused-ring (bicyclic) bond motifs is 1. The van der Waals surface area contributed by atoms with E-state index in [2.05, 4.69) is 5.32 Å². The fourth-order valence-corrected chi connectivity index (χ4v) is 8.31. The van der Waals surface area contributed by atoms with Gasteiger partial charge in [-0.25, -0.2) is 16.8 Å². The molecule has 0 aliphatic carbocycles. The Bertz CT molecular complexity index is 1520. The Balaban J connectivity index is 1.16. The molecule has 2 heterocycles. The normalized spacial score (nSPS) is 19.5. The van der Waals surface area contributed by atoms with Crippen molar-refractivity contribution in [3.8, 4) is 0 Å². The lowest BCUT2D eigenvalue weighted by atomic mass is 9.99. The van der Waals surface area contributed by atoms with Crippen LogP contribution in [0.25, 0.3) is 10.8 Å². The number of nitrogens with one attached hydrogen (secondary N) is 1. The second-order valence-corrected chi connectivity index (χ2v) is 13.9. The van der Waals surface area contributed by atoms with Crippen molar-refractivity contribution in [1.29, 1.82) is 0 Å². The van der Waals surface area contributed by atoms with E-state index in [9.17, 15) is 21.6 Å². The third kappa shape index (κ3) is 5.63. The summed E-state index contributed by atoms with van der Waals surface area (Å²) >= 11 is 0. The van der Waals surface area contributed by atoms with Crippen LogP contribution in [0.4, 0.5) is 0 Å². The molecular weight excluding hydrogens is 522 g/mol. The molecule has 2 aliphatic heterocycles. The number of hydrogen-bond acceptors (Lipinski definition) is 5. The Morgan fingerprint density at radius 3 is 2.13 bits per heavy atom. The van der Waals surface area contributed by atoms with E-state index in [1.807, 2.05) is 30.3 Å². The molecule has 0 unspecified atom stereocenters. The highest BCUT2D eigenvalue weighted by Crippen LogP contribution is 2.26. The predicted molar refractivity (Wildman–Crippen MR) is 147 cm³/mol. The van der Waals surface area contributed by atoms with E-state index < -0.39 is 26.0 Å².